The van der Waals surface area contributed by atoms with Gasteiger partial charge in [0.25, 0.3) is 0 Å². The second-order valence-corrected chi connectivity index (χ2v) is 42.8. The molecule has 0 spiro atoms. The Morgan fingerprint density at radius 2 is 0.352 bits per heavy atom. The summed E-state index contributed by atoms with van der Waals surface area (Å²) in [5.41, 5.74) is 0. The molecule has 0 aliphatic rings. The third-order valence-electron chi connectivity index (χ3n) is 12.8. The Bertz CT molecular complexity index is 715. The second-order valence-electron chi connectivity index (χ2n) is 18.2. The SMILES string of the molecule is CCCCCCC[CH2][Sn]([C]#CC#[C][Sn]([CH2]CCCCCCC)([CH2]CCCCCCC)[CH2]CCCCCCC)([CH2]CCCCCCC)[CH2]CCCCCCC. The molecule has 0 unspecified atom stereocenters. The van der Waals surface area contributed by atoms with Crippen molar-refractivity contribution in [2.24, 2.45) is 0 Å². The molecule has 0 aliphatic carbocycles. The van der Waals surface area contributed by atoms with Gasteiger partial charge in [0.1, 0.15) is 0 Å². The first-order valence-electron chi connectivity index (χ1n) is 25.6. The van der Waals surface area contributed by atoms with E-state index >= 15 is 0 Å². The van der Waals surface area contributed by atoms with Crippen LogP contribution in [-0.4, -0.2) is 36.8 Å². The van der Waals surface area contributed by atoms with Crippen molar-refractivity contribution in [2.75, 3.05) is 0 Å². The number of hydrogen-bond acceptors (Lipinski definition) is 0. The van der Waals surface area contributed by atoms with Crippen LogP contribution in [0.25, 0.3) is 0 Å². The number of unbranched alkanes of at least 4 members (excludes halogenated alkanes) is 30. The summed E-state index contributed by atoms with van der Waals surface area (Å²) in [6, 6.07) is 0. The van der Waals surface area contributed by atoms with E-state index in [2.05, 4.69) is 61.3 Å². The first kappa shape index (κ1) is 54.7. The van der Waals surface area contributed by atoms with Crippen molar-refractivity contribution in [2.45, 2.75) is 299 Å². The normalized spacial score (nSPS) is 11.7. The molecule has 0 nitrogen and oxygen atoms in total. The molecule has 0 fully saturated rings. The van der Waals surface area contributed by atoms with Gasteiger partial charge in [0.15, 0.2) is 0 Å². The van der Waals surface area contributed by atoms with Crippen LogP contribution in [0.15, 0.2) is 0 Å². The van der Waals surface area contributed by atoms with Gasteiger partial charge in [0.2, 0.25) is 0 Å². The monoisotopic (exact) mass is 967 g/mol. The first-order valence-corrected chi connectivity index (χ1v) is 40.6. The summed E-state index contributed by atoms with van der Waals surface area (Å²) in [5, 5.41) is 0. The van der Waals surface area contributed by atoms with E-state index in [1.165, 1.54) is 258 Å². The molecule has 0 atom stereocenters. The number of hydrogen-bond donors (Lipinski definition) is 0. The summed E-state index contributed by atoms with van der Waals surface area (Å²) >= 11 is -5.25. The summed E-state index contributed by atoms with van der Waals surface area (Å²) < 4.78 is 17.8. The van der Waals surface area contributed by atoms with Crippen LogP contribution in [0, 0.1) is 19.7 Å². The maximum absolute atomic E-state index is 4.30. The number of rotatable bonds is 42. The van der Waals surface area contributed by atoms with Crippen LogP contribution >= 0.6 is 0 Å². The van der Waals surface area contributed by atoms with E-state index in [0.29, 0.717) is 0 Å². The van der Waals surface area contributed by atoms with E-state index in [-0.39, 0.29) is 0 Å². The molecule has 0 aliphatic heterocycles. The van der Waals surface area contributed by atoms with Gasteiger partial charge in [-0.05, 0) is 0 Å². The maximum atomic E-state index is 4.30. The average molecular weight is 965 g/mol. The quantitative estimate of drug-likeness (QED) is 0.0325. The molecular weight excluding hydrogens is 862 g/mol. The third-order valence-corrected chi connectivity index (χ3v) is 39.0. The van der Waals surface area contributed by atoms with E-state index in [0.717, 1.165) is 0 Å². The molecule has 0 heterocycles. The second kappa shape index (κ2) is 43.3. The van der Waals surface area contributed by atoms with Crippen molar-refractivity contribution in [3.63, 3.8) is 0 Å². The van der Waals surface area contributed by atoms with Gasteiger partial charge in [-0.2, -0.15) is 0 Å². The van der Waals surface area contributed by atoms with Gasteiger partial charge in [-0.1, -0.05) is 0 Å². The molecule has 318 valence electrons. The zero-order valence-electron chi connectivity index (χ0n) is 38.7. The summed E-state index contributed by atoms with van der Waals surface area (Å²) in [6.45, 7) is 14.1. The van der Waals surface area contributed by atoms with Crippen molar-refractivity contribution < 1.29 is 0 Å². The van der Waals surface area contributed by atoms with Crippen molar-refractivity contribution >= 4 is 36.8 Å². The first-order chi connectivity index (χ1) is 26.6. The van der Waals surface area contributed by atoms with Crippen molar-refractivity contribution in [3.8, 4) is 19.7 Å². The molecular formula is C52H102Sn2. The van der Waals surface area contributed by atoms with Gasteiger partial charge >= 0.3 is 356 Å². The topological polar surface area (TPSA) is 0 Å². The van der Waals surface area contributed by atoms with Crippen LogP contribution in [0.3, 0.4) is 0 Å². The van der Waals surface area contributed by atoms with Gasteiger partial charge in [-0.3, -0.25) is 0 Å². The molecule has 0 N–H and O–H groups in total. The zero-order valence-corrected chi connectivity index (χ0v) is 44.4. The minimum atomic E-state index is -2.63. The standard InChI is InChI=1S/6C8H17.C4.2Sn/c6*1-3-5-7-8-6-4-2;1-3-4-2;;/h6*1,3-8H2,2H3;;;. The third kappa shape index (κ3) is 34.7. The van der Waals surface area contributed by atoms with E-state index in [1.54, 1.807) is 0 Å². The zero-order chi connectivity index (χ0) is 39.5. The van der Waals surface area contributed by atoms with Crippen molar-refractivity contribution in [1.82, 2.24) is 0 Å². The minimum absolute atomic E-state index is 1.35. The Labute approximate surface area is 353 Å². The Morgan fingerprint density at radius 3 is 0.519 bits per heavy atom. The van der Waals surface area contributed by atoms with E-state index in [1.807, 2.05) is 0 Å². The molecule has 0 saturated heterocycles. The van der Waals surface area contributed by atoms with E-state index < -0.39 is 36.8 Å². The molecule has 0 radical (unpaired) electrons. The van der Waals surface area contributed by atoms with Crippen molar-refractivity contribution in [1.29, 1.82) is 0 Å². The molecule has 0 aromatic rings. The molecule has 54 heavy (non-hydrogen) atoms. The van der Waals surface area contributed by atoms with Gasteiger partial charge in [0.05, 0.1) is 0 Å². The average Bonchev–Trinajstić information content (AvgIpc) is 3.18. The molecule has 0 aromatic carbocycles. The molecule has 0 aromatic heterocycles. The van der Waals surface area contributed by atoms with Crippen LogP contribution in [0.4, 0.5) is 0 Å². The summed E-state index contributed by atoms with van der Waals surface area (Å²) in [6.07, 6.45) is 51.5. The van der Waals surface area contributed by atoms with Gasteiger partial charge in [-0.25, -0.2) is 0 Å². The Hall–Kier alpha value is 0.717. The Balaban J connectivity index is 6.36. The molecule has 0 bridgehead atoms. The predicted octanol–water partition coefficient (Wildman–Crippen LogP) is 19.1. The molecule has 0 amide bonds. The Morgan fingerprint density at radius 1 is 0.204 bits per heavy atom. The van der Waals surface area contributed by atoms with Crippen LogP contribution < -0.4 is 0 Å². The molecule has 0 saturated carbocycles. The van der Waals surface area contributed by atoms with Gasteiger partial charge in [-0.15, -0.1) is 0 Å². The fraction of sp³-hybridized carbons (Fsp3) is 0.923. The van der Waals surface area contributed by atoms with E-state index in [4.69, 9.17) is 0 Å². The van der Waals surface area contributed by atoms with Crippen LogP contribution in [0.1, 0.15) is 273 Å². The summed E-state index contributed by atoms with van der Waals surface area (Å²) in [5.74, 6) is 7.71. The summed E-state index contributed by atoms with van der Waals surface area (Å²) in [7, 11) is 0. The van der Waals surface area contributed by atoms with Gasteiger partial charge < -0.3 is 0 Å². The van der Waals surface area contributed by atoms with Crippen LogP contribution in [0.5, 0.6) is 0 Å². The van der Waals surface area contributed by atoms with Gasteiger partial charge in [0, 0.05) is 0 Å². The fourth-order valence-electron chi connectivity index (χ4n) is 8.91. The molecule has 0 rings (SSSR count). The van der Waals surface area contributed by atoms with Crippen molar-refractivity contribution in [3.05, 3.63) is 0 Å². The Kier molecular flexibility index (Phi) is 43.9. The predicted molar refractivity (Wildman–Crippen MR) is 256 cm³/mol. The summed E-state index contributed by atoms with van der Waals surface area (Å²) in [4.78, 5) is 0. The molecule has 2 heteroatoms. The fourth-order valence-corrected chi connectivity index (χ4v) is 33.1. The van der Waals surface area contributed by atoms with E-state index in [9.17, 15) is 0 Å². The van der Waals surface area contributed by atoms with Crippen LogP contribution in [0.2, 0.25) is 26.6 Å². The van der Waals surface area contributed by atoms with Crippen LogP contribution in [-0.2, 0) is 0 Å².